The van der Waals surface area contributed by atoms with Crippen molar-refractivity contribution in [3.8, 4) is 0 Å². The van der Waals surface area contributed by atoms with E-state index in [1.54, 1.807) is 11.1 Å². The molecular weight excluding hydrogens is 208 g/mol. The quantitative estimate of drug-likeness (QED) is 0.449. The van der Waals surface area contributed by atoms with Gasteiger partial charge in [-0.3, -0.25) is 0 Å². The molecule has 0 aromatic heterocycles. The molecule has 3 aliphatic rings. The summed E-state index contributed by atoms with van der Waals surface area (Å²) in [7, 11) is 0. The first-order chi connectivity index (χ1) is 7.67. The lowest BCUT2D eigenvalue weighted by Gasteiger charge is -2.50. The number of fused-ring (bicyclic) bond motifs is 1. The van der Waals surface area contributed by atoms with Crippen molar-refractivity contribution in [1.82, 2.24) is 0 Å². The van der Waals surface area contributed by atoms with E-state index in [2.05, 4.69) is 41.5 Å². The molecule has 0 bridgehead atoms. The molecule has 0 unspecified atom stereocenters. The first-order valence-corrected chi connectivity index (χ1v) is 7.08. The Bertz CT molecular complexity index is 402. The number of epoxide rings is 1. The highest BCUT2D eigenvalue weighted by atomic mass is 16.6. The molecule has 0 radical (unpaired) electrons. The minimum absolute atomic E-state index is 0.184. The molecule has 0 spiro atoms. The van der Waals surface area contributed by atoms with Gasteiger partial charge in [-0.1, -0.05) is 45.8 Å². The third kappa shape index (κ3) is 1.47. The number of ether oxygens (including phenoxy) is 1. The fourth-order valence-electron chi connectivity index (χ4n) is 4.21. The second-order valence-electron chi connectivity index (χ2n) is 7.97. The lowest BCUT2D eigenvalue weighted by atomic mass is 9.54. The smallest absolute Gasteiger partial charge is 0.0960 e. The number of rotatable bonds is 0. The van der Waals surface area contributed by atoms with Gasteiger partial charge in [-0.15, -0.1) is 0 Å². The molecule has 0 aromatic rings. The van der Waals surface area contributed by atoms with Crippen LogP contribution in [-0.2, 0) is 4.74 Å². The van der Waals surface area contributed by atoms with Gasteiger partial charge in [-0.2, -0.15) is 0 Å². The lowest BCUT2D eigenvalue weighted by Crippen LogP contribution is -2.41. The average molecular weight is 234 g/mol. The number of hydrogen-bond donors (Lipinski definition) is 0. The van der Waals surface area contributed by atoms with Crippen LogP contribution in [-0.4, -0.2) is 11.7 Å². The van der Waals surface area contributed by atoms with E-state index < -0.39 is 0 Å². The van der Waals surface area contributed by atoms with Crippen LogP contribution in [0.3, 0.4) is 0 Å². The van der Waals surface area contributed by atoms with Crippen LogP contribution in [0.2, 0.25) is 0 Å². The molecule has 1 heteroatoms. The fourth-order valence-corrected chi connectivity index (χ4v) is 4.21. The Kier molecular flexibility index (Phi) is 2.07. The van der Waals surface area contributed by atoms with E-state index in [-0.39, 0.29) is 5.60 Å². The van der Waals surface area contributed by atoms with E-state index in [0.29, 0.717) is 16.9 Å². The SMILES string of the molecule is C[C@@H]1CC(C)(C)C2=C(C[C@]3(C)O[C@@H]3C2)C1(C)C. The first-order valence-electron chi connectivity index (χ1n) is 7.08. The molecule has 17 heavy (non-hydrogen) atoms. The van der Waals surface area contributed by atoms with E-state index in [4.69, 9.17) is 4.74 Å². The molecule has 1 fully saturated rings. The molecule has 96 valence electrons. The predicted octanol–water partition coefficient (Wildman–Crippen LogP) is 4.33. The summed E-state index contributed by atoms with van der Waals surface area (Å²) in [4.78, 5) is 0. The molecule has 1 aliphatic heterocycles. The third-order valence-corrected chi connectivity index (χ3v) is 5.96. The Hall–Kier alpha value is -0.300. The third-order valence-electron chi connectivity index (χ3n) is 5.96. The van der Waals surface area contributed by atoms with Gasteiger partial charge >= 0.3 is 0 Å². The maximum atomic E-state index is 5.94. The molecule has 3 atom stereocenters. The van der Waals surface area contributed by atoms with Crippen molar-refractivity contribution in [1.29, 1.82) is 0 Å². The van der Waals surface area contributed by atoms with Gasteiger partial charge in [0.2, 0.25) is 0 Å². The second kappa shape index (κ2) is 2.99. The molecule has 3 rings (SSSR count). The van der Waals surface area contributed by atoms with Crippen molar-refractivity contribution in [3.05, 3.63) is 11.1 Å². The molecule has 0 saturated carbocycles. The molecule has 0 amide bonds. The van der Waals surface area contributed by atoms with Crippen LogP contribution >= 0.6 is 0 Å². The topological polar surface area (TPSA) is 12.5 Å². The zero-order chi connectivity index (χ0) is 12.6. The van der Waals surface area contributed by atoms with Crippen molar-refractivity contribution < 1.29 is 4.74 Å². The molecule has 0 N–H and O–H groups in total. The zero-order valence-electron chi connectivity index (χ0n) is 12.2. The number of hydrogen-bond acceptors (Lipinski definition) is 1. The van der Waals surface area contributed by atoms with E-state index in [1.807, 2.05) is 0 Å². The van der Waals surface area contributed by atoms with Crippen molar-refractivity contribution in [2.45, 2.75) is 72.5 Å². The first kappa shape index (κ1) is 11.8. The molecule has 0 aromatic carbocycles. The summed E-state index contributed by atoms with van der Waals surface area (Å²) < 4.78 is 5.94. The predicted molar refractivity (Wildman–Crippen MR) is 70.9 cm³/mol. The summed E-state index contributed by atoms with van der Waals surface area (Å²) in [5.41, 5.74) is 4.38. The van der Waals surface area contributed by atoms with Crippen molar-refractivity contribution in [2.24, 2.45) is 16.7 Å². The average Bonchev–Trinajstić information content (AvgIpc) is 2.84. The highest BCUT2D eigenvalue weighted by Crippen LogP contribution is 2.62. The van der Waals surface area contributed by atoms with Crippen LogP contribution in [0.25, 0.3) is 0 Å². The largest absolute Gasteiger partial charge is 0.366 e. The van der Waals surface area contributed by atoms with E-state index in [1.165, 1.54) is 19.3 Å². The lowest BCUT2D eigenvalue weighted by molar-refractivity contribution is 0.155. The molecule has 1 nitrogen and oxygen atoms in total. The summed E-state index contributed by atoms with van der Waals surface area (Å²) in [5.74, 6) is 0.773. The summed E-state index contributed by atoms with van der Waals surface area (Å²) in [6.45, 7) is 14.5. The highest BCUT2D eigenvalue weighted by Gasteiger charge is 2.59. The van der Waals surface area contributed by atoms with Gasteiger partial charge in [0.25, 0.3) is 0 Å². The van der Waals surface area contributed by atoms with E-state index >= 15 is 0 Å². The second-order valence-corrected chi connectivity index (χ2v) is 7.97. The summed E-state index contributed by atoms with van der Waals surface area (Å²) in [6, 6.07) is 0. The molecule has 2 aliphatic carbocycles. The highest BCUT2D eigenvalue weighted by molar-refractivity contribution is 5.38. The van der Waals surface area contributed by atoms with Gasteiger partial charge < -0.3 is 4.74 Å². The maximum Gasteiger partial charge on any atom is 0.0960 e. The van der Waals surface area contributed by atoms with E-state index in [9.17, 15) is 0 Å². The fraction of sp³-hybridized carbons (Fsp3) is 0.875. The Morgan fingerprint density at radius 1 is 1.06 bits per heavy atom. The van der Waals surface area contributed by atoms with Crippen molar-refractivity contribution in [2.75, 3.05) is 0 Å². The Labute approximate surface area is 106 Å². The van der Waals surface area contributed by atoms with Crippen LogP contribution < -0.4 is 0 Å². The van der Waals surface area contributed by atoms with Crippen LogP contribution in [0, 0.1) is 16.7 Å². The van der Waals surface area contributed by atoms with Crippen LogP contribution in [0.15, 0.2) is 11.1 Å². The minimum atomic E-state index is 0.184. The van der Waals surface area contributed by atoms with Gasteiger partial charge in [0.05, 0.1) is 11.7 Å². The summed E-state index contributed by atoms with van der Waals surface area (Å²) >= 11 is 0. The zero-order valence-corrected chi connectivity index (χ0v) is 12.2. The Morgan fingerprint density at radius 3 is 2.35 bits per heavy atom. The monoisotopic (exact) mass is 234 g/mol. The van der Waals surface area contributed by atoms with Crippen LogP contribution in [0.4, 0.5) is 0 Å². The van der Waals surface area contributed by atoms with Crippen molar-refractivity contribution >= 4 is 0 Å². The summed E-state index contributed by atoms with van der Waals surface area (Å²) in [6.07, 6.45) is 4.20. The Balaban J connectivity index is 2.09. The Morgan fingerprint density at radius 2 is 1.71 bits per heavy atom. The normalized spacial score (nSPS) is 46.2. The summed E-state index contributed by atoms with van der Waals surface area (Å²) in [5, 5.41) is 0. The van der Waals surface area contributed by atoms with Crippen LogP contribution in [0.5, 0.6) is 0 Å². The standard InChI is InChI=1S/C16H26O/c1-10-8-14(2,3)11-7-13-16(6,17-13)9-12(11)15(10,4)5/h10,13H,7-9H2,1-6H3/t10-,13-,16+/m1/s1. The van der Waals surface area contributed by atoms with Gasteiger partial charge in [0.1, 0.15) is 0 Å². The van der Waals surface area contributed by atoms with Gasteiger partial charge in [-0.05, 0) is 36.5 Å². The van der Waals surface area contributed by atoms with Crippen molar-refractivity contribution in [3.63, 3.8) is 0 Å². The minimum Gasteiger partial charge on any atom is -0.366 e. The van der Waals surface area contributed by atoms with E-state index in [0.717, 1.165) is 5.92 Å². The molecule has 1 heterocycles. The van der Waals surface area contributed by atoms with Gasteiger partial charge in [0, 0.05) is 6.42 Å². The maximum absolute atomic E-state index is 5.94. The van der Waals surface area contributed by atoms with Gasteiger partial charge in [-0.25, -0.2) is 0 Å². The van der Waals surface area contributed by atoms with Gasteiger partial charge in [0.15, 0.2) is 0 Å². The molecule has 1 saturated heterocycles. The molecular formula is C16H26O. The van der Waals surface area contributed by atoms with Crippen LogP contribution in [0.1, 0.15) is 60.8 Å².